The molecule has 98 valence electrons. The Morgan fingerprint density at radius 3 is 2.67 bits per heavy atom. The summed E-state index contributed by atoms with van der Waals surface area (Å²) in [7, 11) is 2.04. The van der Waals surface area contributed by atoms with Crippen LogP contribution in [-0.4, -0.2) is 41.7 Å². The molecule has 1 atom stereocenters. The van der Waals surface area contributed by atoms with Gasteiger partial charge in [0.15, 0.2) is 0 Å². The quantitative estimate of drug-likeness (QED) is 0.859. The van der Waals surface area contributed by atoms with E-state index in [9.17, 15) is 9.90 Å². The second kappa shape index (κ2) is 5.40. The summed E-state index contributed by atoms with van der Waals surface area (Å²) >= 11 is 0. The van der Waals surface area contributed by atoms with E-state index in [-0.39, 0.29) is 0 Å². The molecule has 4 nitrogen and oxygen atoms in total. The molecule has 1 fully saturated rings. The number of hydrogen-bond donors (Lipinski definition) is 2. The highest BCUT2D eigenvalue weighted by Gasteiger charge is 2.39. The average Bonchev–Trinajstić information content (AvgIpc) is 2.54. The van der Waals surface area contributed by atoms with Gasteiger partial charge in [0.25, 0.3) is 0 Å². The van der Waals surface area contributed by atoms with E-state index >= 15 is 0 Å². The van der Waals surface area contributed by atoms with Gasteiger partial charge in [-0.3, -0.25) is 0 Å². The van der Waals surface area contributed by atoms with E-state index in [0.29, 0.717) is 12.8 Å². The van der Waals surface area contributed by atoms with Gasteiger partial charge in [0.05, 0.1) is 0 Å². The van der Waals surface area contributed by atoms with E-state index in [1.165, 1.54) is 0 Å². The second-order valence-corrected chi connectivity index (χ2v) is 5.04. The maximum absolute atomic E-state index is 11.7. The van der Waals surface area contributed by atoms with Gasteiger partial charge in [0.2, 0.25) is 0 Å². The number of hydrogen-bond acceptors (Lipinski definition) is 3. The smallest absolute Gasteiger partial charge is 0.329 e. The minimum atomic E-state index is -0.827. The van der Waals surface area contributed by atoms with Crippen LogP contribution in [-0.2, 0) is 4.79 Å². The summed E-state index contributed by atoms with van der Waals surface area (Å²) in [6.07, 6.45) is 2.21. The molecule has 0 bridgehead atoms. The first-order valence-electron chi connectivity index (χ1n) is 6.38. The van der Waals surface area contributed by atoms with E-state index in [2.05, 4.69) is 10.2 Å². The van der Waals surface area contributed by atoms with Gasteiger partial charge in [-0.2, -0.15) is 0 Å². The zero-order chi connectivity index (χ0) is 13.0. The zero-order valence-corrected chi connectivity index (χ0v) is 10.7. The fourth-order valence-electron chi connectivity index (χ4n) is 2.46. The third kappa shape index (κ3) is 2.82. The normalized spacial score (nSPS) is 25.4. The number of benzene rings is 1. The van der Waals surface area contributed by atoms with Crippen LogP contribution in [0.25, 0.3) is 0 Å². The van der Waals surface area contributed by atoms with Crippen molar-refractivity contribution in [1.82, 2.24) is 4.90 Å². The lowest BCUT2D eigenvalue weighted by molar-refractivity contribution is -0.142. The molecular formula is C14H20N2O2. The number of aliphatic carboxylic acids is 1. The molecule has 2 N–H and O–H groups in total. The van der Waals surface area contributed by atoms with Crippen LogP contribution >= 0.6 is 0 Å². The highest BCUT2D eigenvalue weighted by atomic mass is 16.4. The lowest BCUT2D eigenvalue weighted by atomic mass is 9.90. The van der Waals surface area contributed by atoms with Crippen LogP contribution in [0.3, 0.4) is 0 Å². The molecule has 1 saturated heterocycles. The summed E-state index contributed by atoms with van der Waals surface area (Å²) in [5.41, 5.74) is 0.0519. The molecule has 1 heterocycles. The minimum Gasteiger partial charge on any atom is -0.480 e. The second-order valence-electron chi connectivity index (χ2n) is 5.04. The number of nitrogens with zero attached hydrogens (tertiary/aromatic N) is 1. The average molecular weight is 248 g/mol. The van der Waals surface area contributed by atoms with Gasteiger partial charge < -0.3 is 15.3 Å². The Kier molecular flexibility index (Phi) is 3.87. The van der Waals surface area contributed by atoms with Crippen molar-refractivity contribution in [3.05, 3.63) is 30.3 Å². The molecule has 0 saturated carbocycles. The van der Waals surface area contributed by atoms with Crippen molar-refractivity contribution in [2.45, 2.75) is 24.8 Å². The molecule has 0 radical (unpaired) electrons. The van der Waals surface area contributed by atoms with Gasteiger partial charge in [-0.15, -0.1) is 0 Å². The Morgan fingerprint density at radius 2 is 2.00 bits per heavy atom. The van der Waals surface area contributed by atoms with Crippen molar-refractivity contribution in [1.29, 1.82) is 0 Å². The van der Waals surface area contributed by atoms with Crippen molar-refractivity contribution < 1.29 is 9.90 Å². The molecule has 0 aliphatic carbocycles. The largest absolute Gasteiger partial charge is 0.480 e. The summed E-state index contributed by atoms with van der Waals surface area (Å²) in [4.78, 5) is 13.9. The molecule has 1 aromatic rings. The number of carbonyl (C=O) groups is 1. The summed E-state index contributed by atoms with van der Waals surface area (Å²) in [6.45, 7) is 1.78. The highest BCUT2D eigenvalue weighted by molar-refractivity contribution is 5.82. The monoisotopic (exact) mass is 248 g/mol. The van der Waals surface area contributed by atoms with E-state index < -0.39 is 11.5 Å². The maximum atomic E-state index is 11.7. The fourth-order valence-corrected chi connectivity index (χ4v) is 2.46. The molecule has 18 heavy (non-hydrogen) atoms. The zero-order valence-electron chi connectivity index (χ0n) is 10.7. The molecule has 2 rings (SSSR count). The highest BCUT2D eigenvalue weighted by Crippen LogP contribution is 2.27. The van der Waals surface area contributed by atoms with Crippen molar-refractivity contribution in [3.8, 4) is 0 Å². The molecule has 1 aromatic carbocycles. The summed E-state index contributed by atoms with van der Waals surface area (Å²) in [5, 5.41) is 12.8. The first-order chi connectivity index (χ1) is 8.62. The third-order valence-corrected chi connectivity index (χ3v) is 3.63. The van der Waals surface area contributed by atoms with Gasteiger partial charge in [0.1, 0.15) is 5.54 Å². The van der Waals surface area contributed by atoms with Crippen LogP contribution < -0.4 is 5.32 Å². The number of carboxylic acids is 1. The molecule has 0 aromatic heterocycles. The van der Waals surface area contributed by atoms with Crippen LogP contribution in [0.5, 0.6) is 0 Å². The van der Waals surface area contributed by atoms with E-state index in [4.69, 9.17) is 0 Å². The van der Waals surface area contributed by atoms with Gasteiger partial charge in [-0.25, -0.2) is 4.79 Å². The summed E-state index contributed by atoms with van der Waals surface area (Å²) in [5.74, 6) is -0.748. The number of anilines is 1. The van der Waals surface area contributed by atoms with E-state index in [1.54, 1.807) is 0 Å². The van der Waals surface area contributed by atoms with Crippen molar-refractivity contribution in [2.75, 3.05) is 25.5 Å². The Labute approximate surface area is 108 Å². The van der Waals surface area contributed by atoms with Gasteiger partial charge in [-0.05, 0) is 45.0 Å². The van der Waals surface area contributed by atoms with Crippen LogP contribution in [0.1, 0.15) is 19.3 Å². The van der Waals surface area contributed by atoms with Gasteiger partial charge >= 0.3 is 5.97 Å². The lowest BCUT2D eigenvalue weighted by Crippen LogP contribution is -2.47. The summed E-state index contributed by atoms with van der Waals surface area (Å²) < 4.78 is 0. The van der Waals surface area contributed by atoms with Crippen LogP contribution in [0.4, 0.5) is 5.69 Å². The molecule has 0 amide bonds. The lowest BCUT2D eigenvalue weighted by Gasteiger charge is -2.30. The first-order valence-corrected chi connectivity index (χ1v) is 6.38. The van der Waals surface area contributed by atoms with E-state index in [0.717, 1.165) is 25.2 Å². The van der Waals surface area contributed by atoms with Gasteiger partial charge in [-0.1, -0.05) is 18.2 Å². The molecule has 4 heteroatoms. The molecule has 1 aliphatic rings. The Morgan fingerprint density at radius 1 is 1.28 bits per heavy atom. The number of nitrogens with one attached hydrogen (secondary N) is 1. The predicted octanol–water partition coefficient (Wildman–Crippen LogP) is 2.04. The molecular weight excluding hydrogens is 228 g/mol. The van der Waals surface area contributed by atoms with Crippen molar-refractivity contribution >= 4 is 11.7 Å². The number of para-hydroxylation sites is 1. The Balaban J connectivity index is 2.19. The van der Waals surface area contributed by atoms with E-state index in [1.807, 2.05) is 37.4 Å². The maximum Gasteiger partial charge on any atom is 0.329 e. The van der Waals surface area contributed by atoms with Crippen molar-refractivity contribution in [3.63, 3.8) is 0 Å². The molecule has 0 spiro atoms. The Hall–Kier alpha value is -1.55. The molecule has 1 unspecified atom stereocenters. The van der Waals surface area contributed by atoms with Crippen LogP contribution in [0.15, 0.2) is 30.3 Å². The topological polar surface area (TPSA) is 52.6 Å². The third-order valence-electron chi connectivity index (χ3n) is 3.63. The van der Waals surface area contributed by atoms with Crippen LogP contribution in [0.2, 0.25) is 0 Å². The number of rotatable bonds is 3. The predicted molar refractivity (Wildman–Crippen MR) is 71.8 cm³/mol. The fraction of sp³-hybridized carbons (Fsp3) is 0.500. The first kappa shape index (κ1) is 12.9. The molecule has 1 aliphatic heterocycles. The number of likely N-dealkylation sites (tertiary alicyclic amines) is 1. The number of carboxylic acid groups (broad SMARTS) is 1. The van der Waals surface area contributed by atoms with Crippen molar-refractivity contribution in [2.24, 2.45) is 0 Å². The summed E-state index contributed by atoms with van der Waals surface area (Å²) in [6, 6.07) is 9.60. The van der Waals surface area contributed by atoms with Crippen LogP contribution in [0, 0.1) is 0 Å². The van der Waals surface area contributed by atoms with Gasteiger partial charge in [0, 0.05) is 12.2 Å². The SMILES string of the molecule is CN1CCCC(Nc2ccccc2)(C(=O)O)CC1. The standard InChI is InChI=1S/C14H20N2O2/c1-16-10-5-8-14(9-11-16,13(17)18)15-12-6-3-2-4-7-12/h2-4,6-7,15H,5,8-11H2,1H3,(H,17,18). The Bertz CT molecular complexity index is 408. The minimum absolute atomic E-state index is 0.633.